The summed E-state index contributed by atoms with van der Waals surface area (Å²) in [6.07, 6.45) is 0. The maximum atomic E-state index is 5.54. The molecule has 0 N–H and O–H groups in total. The molecule has 0 aliphatic heterocycles. The average Bonchev–Trinajstić information content (AvgIpc) is 1.88. The van der Waals surface area contributed by atoms with Gasteiger partial charge >= 0.3 is 0 Å². The van der Waals surface area contributed by atoms with E-state index in [1.807, 2.05) is 25.1 Å². The van der Waals surface area contributed by atoms with E-state index in [4.69, 9.17) is 11.6 Å². The maximum Gasteiger partial charge on any atom is 0.0647 e. The van der Waals surface area contributed by atoms with Gasteiger partial charge < -0.3 is 12.4 Å². The van der Waals surface area contributed by atoms with Crippen LogP contribution in [-0.4, -0.2) is 4.98 Å². The van der Waals surface area contributed by atoms with Crippen molar-refractivity contribution in [3.8, 4) is 0 Å². The lowest BCUT2D eigenvalue weighted by molar-refractivity contribution is -0.00000201. The predicted octanol–water partition coefficient (Wildman–Crippen LogP) is -0.867. The van der Waals surface area contributed by atoms with Crippen molar-refractivity contribution in [2.24, 2.45) is 0 Å². The van der Waals surface area contributed by atoms with E-state index in [1.54, 1.807) is 0 Å². The molecule has 0 atom stereocenters. The highest BCUT2D eigenvalue weighted by molar-refractivity contribution is 6.16. The summed E-state index contributed by atoms with van der Waals surface area (Å²) in [4.78, 5) is 4.16. The normalized spacial score (nSPS) is 8.60. The molecule has 0 fully saturated rings. The van der Waals surface area contributed by atoms with Crippen LogP contribution in [-0.2, 0) is 5.88 Å². The number of rotatable bonds is 1. The molecule has 0 aliphatic rings. The number of aryl methyl sites for hydroxylation is 1. The number of hydrogen-bond acceptors (Lipinski definition) is 1. The SMILES string of the molecule is Cc1cccc(CCl)n1.[Cl-]. The second kappa shape index (κ2) is 4.53. The monoisotopic (exact) mass is 176 g/mol. The van der Waals surface area contributed by atoms with Crippen molar-refractivity contribution >= 4 is 11.6 Å². The van der Waals surface area contributed by atoms with Gasteiger partial charge in [-0.15, -0.1) is 11.6 Å². The molecule has 1 heterocycles. The molecule has 0 unspecified atom stereocenters. The molecule has 1 nitrogen and oxygen atoms in total. The molecule has 1 aromatic heterocycles. The van der Waals surface area contributed by atoms with Crippen molar-refractivity contribution in [1.82, 2.24) is 4.98 Å². The molecule has 1 rings (SSSR count). The Balaban J connectivity index is 0.000000810. The van der Waals surface area contributed by atoms with Crippen molar-refractivity contribution in [1.29, 1.82) is 0 Å². The minimum absolute atomic E-state index is 0. The van der Waals surface area contributed by atoms with Crippen molar-refractivity contribution in [3.05, 3.63) is 29.6 Å². The van der Waals surface area contributed by atoms with Gasteiger partial charge in [0, 0.05) is 5.69 Å². The molecular formula is C7H8Cl2N-. The Kier molecular flexibility index (Phi) is 4.41. The summed E-state index contributed by atoms with van der Waals surface area (Å²) in [5, 5.41) is 0. The van der Waals surface area contributed by atoms with E-state index in [0.29, 0.717) is 5.88 Å². The lowest BCUT2D eigenvalue weighted by atomic mass is 10.3. The average molecular weight is 177 g/mol. The minimum atomic E-state index is 0. The van der Waals surface area contributed by atoms with E-state index in [1.165, 1.54) is 0 Å². The molecule has 0 aromatic carbocycles. The Morgan fingerprint density at radius 1 is 1.50 bits per heavy atom. The number of nitrogens with zero attached hydrogens (tertiary/aromatic N) is 1. The lowest BCUT2D eigenvalue weighted by Gasteiger charge is -1.93. The van der Waals surface area contributed by atoms with E-state index >= 15 is 0 Å². The van der Waals surface area contributed by atoms with Gasteiger partial charge in [0.05, 0.1) is 11.6 Å². The largest absolute Gasteiger partial charge is 1.00 e. The summed E-state index contributed by atoms with van der Waals surface area (Å²) in [6, 6.07) is 5.83. The maximum absolute atomic E-state index is 5.54. The summed E-state index contributed by atoms with van der Waals surface area (Å²) < 4.78 is 0. The van der Waals surface area contributed by atoms with Crippen LogP contribution in [0.5, 0.6) is 0 Å². The Hall–Kier alpha value is -0.270. The van der Waals surface area contributed by atoms with Gasteiger partial charge in [0.1, 0.15) is 0 Å². The van der Waals surface area contributed by atoms with Crippen LogP contribution in [0, 0.1) is 6.92 Å². The fourth-order valence-electron chi connectivity index (χ4n) is 0.674. The Bertz CT molecular complexity index is 201. The molecule has 0 amide bonds. The first-order chi connectivity index (χ1) is 4.33. The smallest absolute Gasteiger partial charge is 0.0647 e. The topological polar surface area (TPSA) is 12.9 Å². The first-order valence-corrected chi connectivity index (χ1v) is 3.35. The standard InChI is InChI=1S/C7H8ClN.ClH/c1-6-3-2-4-7(5-8)9-6;/h2-4H,5H2,1H3;1H/p-1. The summed E-state index contributed by atoms with van der Waals surface area (Å²) in [5.74, 6) is 0.502. The molecule has 0 aliphatic carbocycles. The Morgan fingerprint density at radius 3 is 2.60 bits per heavy atom. The lowest BCUT2D eigenvalue weighted by Crippen LogP contribution is -3.00. The van der Waals surface area contributed by atoms with Crippen LogP contribution in [0.1, 0.15) is 11.4 Å². The number of aromatic nitrogens is 1. The van der Waals surface area contributed by atoms with Crippen LogP contribution in [0.3, 0.4) is 0 Å². The van der Waals surface area contributed by atoms with Crippen LogP contribution < -0.4 is 12.4 Å². The predicted molar refractivity (Wildman–Crippen MR) is 38.5 cm³/mol. The molecule has 1 aromatic rings. The van der Waals surface area contributed by atoms with Crippen LogP contribution in [0.25, 0.3) is 0 Å². The highest BCUT2D eigenvalue weighted by Gasteiger charge is 1.88. The summed E-state index contributed by atoms with van der Waals surface area (Å²) in [7, 11) is 0. The van der Waals surface area contributed by atoms with Gasteiger partial charge in [-0.1, -0.05) is 6.07 Å². The van der Waals surface area contributed by atoms with E-state index in [0.717, 1.165) is 11.4 Å². The van der Waals surface area contributed by atoms with Gasteiger partial charge in [-0.25, -0.2) is 0 Å². The number of alkyl halides is 1. The van der Waals surface area contributed by atoms with Crippen molar-refractivity contribution in [2.45, 2.75) is 12.8 Å². The molecule has 0 spiro atoms. The van der Waals surface area contributed by atoms with E-state index in [2.05, 4.69) is 4.98 Å². The number of pyridine rings is 1. The Morgan fingerprint density at radius 2 is 2.20 bits per heavy atom. The minimum Gasteiger partial charge on any atom is -1.00 e. The zero-order valence-corrected chi connectivity index (χ0v) is 7.15. The molecule has 0 saturated carbocycles. The van der Waals surface area contributed by atoms with Crippen molar-refractivity contribution < 1.29 is 12.4 Å². The van der Waals surface area contributed by atoms with Crippen LogP contribution in [0.2, 0.25) is 0 Å². The summed E-state index contributed by atoms with van der Waals surface area (Å²) in [5.41, 5.74) is 1.96. The Labute approximate surface area is 71.8 Å². The third kappa shape index (κ3) is 2.54. The first-order valence-electron chi connectivity index (χ1n) is 2.81. The fourth-order valence-corrected chi connectivity index (χ4v) is 0.823. The second-order valence-corrected chi connectivity index (χ2v) is 2.17. The van der Waals surface area contributed by atoms with Gasteiger partial charge in [-0.3, -0.25) is 4.98 Å². The highest BCUT2D eigenvalue weighted by atomic mass is 35.5. The van der Waals surface area contributed by atoms with Crippen LogP contribution in [0.15, 0.2) is 18.2 Å². The molecule has 10 heavy (non-hydrogen) atoms. The molecule has 3 heteroatoms. The molecule has 0 saturated heterocycles. The van der Waals surface area contributed by atoms with Gasteiger partial charge in [0.2, 0.25) is 0 Å². The zero-order chi connectivity index (χ0) is 6.69. The number of halogens is 2. The molecule has 0 bridgehead atoms. The number of hydrogen-bond donors (Lipinski definition) is 0. The van der Waals surface area contributed by atoms with E-state index < -0.39 is 0 Å². The van der Waals surface area contributed by atoms with Gasteiger partial charge in [-0.05, 0) is 19.1 Å². The first kappa shape index (κ1) is 9.73. The molecule has 56 valence electrons. The quantitative estimate of drug-likeness (QED) is 0.508. The fraction of sp³-hybridized carbons (Fsp3) is 0.286. The second-order valence-electron chi connectivity index (χ2n) is 1.90. The van der Waals surface area contributed by atoms with E-state index in [9.17, 15) is 0 Å². The summed E-state index contributed by atoms with van der Waals surface area (Å²) in [6.45, 7) is 1.95. The van der Waals surface area contributed by atoms with Gasteiger partial charge in [0.15, 0.2) is 0 Å². The van der Waals surface area contributed by atoms with Crippen molar-refractivity contribution in [2.75, 3.05) is 0 Å². The zero-order valence-electron chi connectivity index (χ0n) is 5.64. The molecular weight excluding hydrogens is 169 g/mol. The van der Waals surface area contributed by atoms with Crippen molar-refractivity contribution in [3.63, 3.8) is 0 Å². The van der Waals surface area contributed by atoms with Crippen LogP contribution in [0.4, 0.5) is 0 Å². The molecule has 0 radical (unpaired) electrons. The van der Waals surface area contributed by atoms with Crippen LogP contribution >= 0.6 is 11.6 Å². The van der Waals surface area contributed by atoms with Gasteiger partial charge in [0.25, 0.3) is 0 Å². The third-order valence-corrected chi connectivity index (χ3v) is 1.36. The highest BCUT2D eigenvalue weighted by Crippen LogP contribution is 2.00. The van der Waals surface area contributed by atoms with E-state index in [-0.39, 0.29) is 12.4 Å². The third-order valence-electron chi connectivity index (χ3n) is 1.08. The summed E-state index contributed by atoms with van der Waals surface area (Å²) >= 11 is 5.54. The van der Waals surface area contributed by atoms with Gasteiger partial charge in [-0.2, -0.15) is 0 Å².